The summed E-state index contributed by atoms with van der Waals surface area (Å²) in [6, 6.07) is 0. The molecule has 1 unspecified atom stereocenters. The topological polar surface area (TPSA) is 37.4 Å². The Morgan fingerprint density at radius 3 is 2.55 bits per heavy atom. The fourth-order valence-electron chi connectivity index (χ4n) is 1.36. The van der Waals surface area contributed by atoms with Crippen LogP contribution in [0, 0.1) is 0 Å². The van der Waals surface area contributed by atoms with E-state index in [9.17, 15) is 9.59 Å². The Morgan fingerprint density at radius 2 is 2.36 bits per heavy atom. The van der Waals surface area contributed by atoms with E-state index in [1.165, 1.54) is 11.8 Å². The largest absolute Gasteiger partial charge is 0.275 e. The van der Waals surface area contributed by atoms with Crippen LogP contribution in [0.15, 0.2) is 12.7 Å². The Kier molecular flexibility index (Phi) is 1.59. The van der Waals surface area contributed by atoms with Gasteiger partial charge < -0.3 is 0 Å². The van der Waals surface area contributed by atoms with Gasteiger partial charge in [-0.2, -0.15) is 0 Å². The molecule has 1 aliphatic heterocycles. The average molecular weight is 153 g/mol. The van der Waals surface area contributed by atoms with Crippen LogP contribution in [0.5, 0.6) is 0 Å². The molecular formula is C8H11NO2. The van der Waals surface area contributed by atoms with Crippen LogP contribution in [-0.4, -0.2) is 22.3 Å². The van der Waals surface area contributed by atoms with Crippen molar-refractivity contribution in [3.8, 4) is 0 Å². The number of hydrogen-bond acceptors (Lipinski definition) is 2. The summed E-state index contributed by atoms with van der Waals surface area (Å²) in [6.45, 7) is 6.79. The number of imide groups is 1. The number of carbonyl (C=O) groups is 2. The van der Waals surface area contributed by atoms with E-state index in [1.807, 2.05) is 6.92 Å². The van der Waals surface area contributed by atoms with Crippen LogP contribution < -0.4 is 0 Å². The minimum atomic E-state index is -0.428. The standard InChI is InChI=1S/C8H11NO2/c1-4-8(3)5-7(11)9(8)6(2)10/h4H,1,5H2,2-3H3. The molecule has 0 saturated carbocycles. The van der Waals surface area contributed by atoms with Gasteiger partial charge >= 0.3 is 0 Å². The Labute approximate surface area is 65.7 Å². The van der Waals surface area contributed by atoms with Gasteiger partial charge in [0.15, 0.2) is 0 Å². The fourth-order valence-corrected chi connectivity index (χ4v) is 1.36. The Morgan fingerprint density at radius 1 is 1.82 bits per heavy atom. The molecule has 0 aromatic carbocycles. The zero-order valence-electron chi connectivity index (χ0n) is 6.76. The van der Waals surface area contributed by atoms with Gasteiger partial charge in [-0.05, 0) is 6.92 Å². The molecule has 2 amide bonds. The van der Waals surface area contributed by atoms with Gasteiger partial charge in [-0.3, -0.25) is 14.5 Å². The number of nitrogens with zero attached hydrogens (tertiary/aromatic N) is 1. The summed E-state index contributed by atoms with van der Waals surface area (Å²) in [5.74, 6) is -0.316. The van der Waals surface area contributed by atoms with E-state index in [-0.39, 0.29) is 11.8 Å². The highest BCUT2D eigenvalue weighted by Gasteiger charge is 2.47. The molecule has 0 radical (unpaired) electrons. The van der Waals surface area contributed by atoms with Crippen molar-refractivity contribution < 1.29 is 9.59 Å². The maximum Gasteiger partial charge on any atom is 0.232 e. The van der Waals surface area contributed by atoms with E-state index >= 15 is 0 Å². The smallest absolute Gasteiger partial charge is 0.232 e. The molecule has 60 valence electrons. The molecule has 0 aromatic heterocycles. The van der Waals surface area contributed by atoms with Gasteiger partial charge in [-0.15, -0.1) is 6.58 Å². The van der Waals surface area contributed by atoms with Gasteiger partial charge in [-0.1, -0.05) is 6.08 Å². The van der Waals surface area contributed by atoms with Gasteiger partial charge in [0.25, 0.3) is 0 Å². The summed E-state index contributed by atoms with van der Waals surface area (Å²) in [4.78, 5) is 23.0. The van der Waals surface area contributed by atoms with Crippen LogP contribution in [0.1, 0.15) is 20.3 Å². The van der Waals surface area contributed by atoms with Crippen molar-refractivity contribution in [1.82, 2.24) is 4.90 Å². The lowest BCUT2D eigenvalue weighted by Gasteiger charge is -2.45. The van der Waals surface area contributed by atoms with Crippen LogP contribution in [0.2, 0.25) is 0 Å². The monoisotopic (exact) mass is 153 g/mol. The first kappa shape index (κ1) is 7.98. The molecule has 1 saturated heterocycles. The van der Waals surface area contributed by atoms with Crippen molar-refractivity contribution in [3.63, 3.8) is 0 Å². The van der Waals surface area contributed by atoms with E-state index in [4.69, 9.17) is 0 Å². The van der Waals surface area contributed by atoms with Crippen molar-refractivity contribution in [1.29, 1.82) is 0 Å². The Balaban J connectivity index is 2.84. The normalized spacial score (nSPS) is 29.6. The fraction of sp³-hybridized carbons (Fsp3) is 0.500. The molecule has 1 aliphatic rings. The minimum Gasteiger partial charge on any atom is -0.275 e. The average Bonchev–Trinajstić information content (AvgIpc) is 1.84. The summed E-state index contributed by atoms with van der Waals surface area (Å²) < 4.78 is 0. The molecule has 3 heteroatoms. The van der Waals surface area contributed by atoms with Crippen LogP contribution >= 0.6 is 0 Å². The van der Waals surface area contributed by atoms with E-state index < -0.39 is 5.54 Å². The van der Waals surface area contributed by atoms with Gasteiger partial charge in [0.2, 0.25) is 11.8 Å². The zero-order valence-corrected chi connectivity index (χ0v) is 6.76. The third-order valence-electron chi connectivity index (χ3n) is 2.02. The van der Waals surface area contributed by atoms with E-state index in [0.29, 0.717) is 6.42 Å². The number of rotatable bonds is 1. The molecule has 1 fully saturated rings. The number of carbonyl (C=O) groups excluding carboxylic acids is 2. The second kappa shape index (κ2) is 2.19. The molecule has 0 N–H and O–H groups in total. The van der Waals surface area contributed by atoms with Crippen molar-refractivity contribution in [2.24, 2.45) is 0 Å². The molecule has 1 rings (SSSR count). The van der Waals surface area contributed by atoms with Crippen molar-refractivity contribution in [2.45, 2.75) is 25.8 Å². The highest BCUT2D eigenvalue weighted by Crippen LogP contribution is 2.32. The van der Waals surface area contributed by atoms with Crippen molar-refractivity contribution >= 4 is 11.8 Å². The van der Waals surface area contributed by atoms with Crippen LogP contribution in [0.4, 0.5) is 0 Å². The molecule has 0 aliphatic carbocycles. The number of β-lactam (4-membered cyclic amide) rings is 1. The second-order valence-corrected chi connectivity index (χ2v) is 2.99. The zero-order chi connectivity index (χ0) is 8.65. The number of hydrogen-bond donors (Lipinski definition) is 0. The van der Waals surface area contributed by atoms with Gasteiger partial charge in [0, 0.05) is 6.92 Å². The molecule has 1 atom stereocenters. The SMILES string of the molecule is C=CC1(C)CC(=O)N1C(C)=O. The van der Waals surface area contributed by atoms with Gasteiger partial charge in [0.05, 0.1) is 12.0 Å². The number of likely N-dealkylation sites (tertiary alicyclic amines) is 1. The van der Waals surface area contributed by atoms with Crippen LogP contribution in [0.25, 0.3) is 0 Å². The molecule has 0 bridgehead atoms. The van der Waals surface area contributed by atoms with E-state index in [1.54, 1.807) is 6.08 Å². The predicted molar refractivity (Wildman–Crippen MR) is 40.7 cm³/mol. The predicted octanol–water partition coefficient (Wildman–Crippen LogP) is 0.710. The summed E-state index contributed by atoms with van der Waals surface area (Å²) in [7, 11) is 0. The summed E-state index contributed by atoms with van der Waals surface area (Å²) in [5, 5.41) is 0. The highest BCUT2D eigenvalue weighted by atomic mass is 16.2. The lowest BCUT2D eigenvalue weighted by Crippen LogP contribution is -2.62. The Bertz CT molecular complexity index is 226. The second-order valence-electron chi connectivity index (χ2n) is 2.99. The molecule has 1 heterocycles. The quantitative estimate of drug-likeness (QED) is 0.411. The van der Waals surface area contributed by atoms with Gasteiger partial charge in [0.1, 0.15) is 0 Å². The maximum absolute atomic E-state index is 10.9. The first-order valence-corrected chi connectivity index (χ1v) is 3.48. The summed E-state index contributed by atoms with van der Waals surface area (Å²) >= 11 is 0. The third-order valence-corrected chi connectivity index (χ3v) is 2.02. The molecule has 3 nitrogen and oxygen atoms in total. The molecular weight excluding hydrogens is 142 g/mol. The summed E-state index contributed by atoms with van der Waals surface area (Å²) in [6.07, 6.45) is 2.03. The third kappa shape index (κ3) is 0.964. The van der Waals surface area contributed by atoms with Crippen LogP contribution in [-0.2, 0) is 9.59 Å². The molecule has 0 aromatic rings. The highest BCUT2D eigenvalue weighted by molar-refractivity contribution is 6.01. The Hall–Kier alpha value is -1.12. The first-order chi connectivity index (χ1) is 5.01. The summed E-state index contributed by atoms with van der Waals surface area (Å²) in [5.41, 5.74) is -0.428. The van der Waals surface area contributed by atoms with Crippen molar-refractivity contribution in [2.75, 3.05) is 0 Å². The minimum absolute atomic E-state index is 0.111. The van der Waals surface area contributed by atoms with Crippen molar-refractivity contribution in [3.05, 3.63) is 12.7 Å². The molecule has 0 spiro atoms. The van der Waals surface area contributed by atoms with Crippen LogP contribution in [0.3, 0.4) is 0 Å². The van der Waals surface area contributed by atoms with E-state index in [2.05, 4.69) is 6.58 Å². The number of amides is 2. The first-order valence-electron chi connectivity index (χ1n) is 3.48. The molecule has 11 heavy (non-hydrogen) atoms. The lowest BCUT2D eigenvalue weighted by molar-refractivity contribution is -0.161. The maximum atomic E-state index is 10.9. The van der Waals surface area contributed by atoms with Gasteiger partial charge in [-0.25, -0.2) is 0 Å². The van der Waals surface area contributed by atoms with E-state index in [0.717, 1.165) is 0 Å². The lowest BCUT2D eigenvalue weighted by atomic mass is 9.86.